The first-order valence-corrected chi connectivity index (χ1v) is 25.0. The van der Waals surface area contributed by atoms with Crippen molar-refractivity contribution < 1.29 is 62.7 Å². The number of Topliss-reactive ketones (excluding diaryl/α,β-unsaturated/α-hetero) is 1. The number of amides is 4. The highest BCUT2D eigenvalue weighted by atomic mass is 32.2. The van der Waals surface area contributed by atoms with Crippen LogP contribution in [-0.4, -0.2) is 117 Å². The molecule has 1 saturated heterocycles. The fourth-order valence-corrected chi connectivity index (χ4v) is 12.7. The predicted octanol–water partition coefficient (Wildman–Crippen LogP) is 4.33. The third-order valence-corrected chi connectivity index (χ3v) is 16.8. The summed E-state index contributed by atoms with van der Waals surface area (Å²) >= 11 is 2.60. The van der Waals surface area contributed by atoms with E-state index in [2.05, 4.69) is 21.3 Å². The molecule has 3 saturated carbocycles. The minimum Gasteiger partial charge on any atom is -0.481 e. The number of ether oxygens (including phenoxy) is 2. The van der Waals surface area contributed by atoms with Gasteiger partial charge in [0.1, 0.15) is 18.7 Å². The molecule has 1 aliphatic heterocycles. The van der Waals surface area contributed by atoms with Gasteiger partial charge in [0.25, 0.3) is 0 Å². The molecule has 0 spiro atoms. The molecular formula is C49H59FN4O12S2. The molecule has 5 aliphatic rings. The standard InChI is InChI=1S/C49H59FN4O12S2/c1-26(52-40(59)16-18-51-44(64)36(67-5)22-41(60)61)42(62)53-27(2)43(63)54-31-7-6-8-33(20-31)68-25-28-9-11-29(12-10-28)45-65-39-21-35-34-14-13-30-19-32(56)15-17-46(30,3)48(34,50)37(57)23-47(35,4)49(39,66-45)38(58)24-55/h6-12,15,17,19-20,26-27,34-37,39,45,55,57H,13-14,16,18,21-25H2,1-5H3,(H,51,64)(H,52,59)(H,53,62)(H,54,63)(H,60,61)/t26-,27-,34-,35-,36?,37-,39+,45+,46-,47-,48-,49+/m0/s1. The van der Waals surface area contributed by atoms with Crippen molar-refractivity contribution in [3.8, 4) is 0 Å². The van der Waals surface area contributed by atoms with Gasteiger partial charge in [-0.3, -0.25) is 33.6 Å². The van der Waals surface area contributed by atoms with Crippen LogP contribution in [0, 0.1) is 22.7 Å². The summed E-state index contributed by atoms with van der Waals surface area (Å²) in [5.74, 6) is -4.52. The van der Waals surface area contributed by atoms with Gasteiger partial charge in [-0.2, -0.15) is 11.8 Å². The quantitative estimate of drug-likeness (QED) is 0.103. The SMILES string of the molecule is CSC(CC(=O)O)C(=O)NCCC(=O)N[C@@H](C)C(=O)N[C@@H](C)C(=O)Nc1cccc(SCc2ccc([C@@H]3O[C@@H]4C[C@H]5[C@@H]6CCC7=CC(=O)C=C[C@]7(C)[C@@]6(F)[C@@H](O)C[C@]5(C)[C@]4(C(=O)CO)O3)cc2)c1. The van der Waals surface area contributed by atoms with Crippen molar-refractivity contribution in [1.29, 1.82) is 0 Å². The van der Waals surface area contributed by atoms with Gasteiger partial charge in [0.2, 0.25) is 23.6 Å². The number of carbonyl (C=O) groups is 7. The van der Waals surface area contributed by atoms with Crippen LogP contribution in [0.15, 0.2) is 77.2 Å². The lowest BCUT2D eigenvalue weighted by Gasteiger charge is -2.62. The molecule has 0 radical (unpaired) electrons. The molecular weight excluding hydrogens is 920 g/mol. The van der Waals surface area contributed by atoms with Gasteiger partial charge in [-0.25, -0.2) is 4.39 Å². The fraction of sp³-hybridized carbons (Fsp3) is 0.531. The number of carboxylic acid groups (broad SMARTS) is 1. The van der Waals surface area contributed by atoms with Crippen LogP contribution in [0.2, 0.25) is 0 Å². The van der Waals surface area contributed by atoms with Gasteiger partial charge in [0.15, 0.2) is 29.1 Å². The second kappa shape index (κ2) is 20.2. The Morgan fingerprint density at radius 3 is 2.38 bits per heavy atom. The number of benzene rings is 2. The highest BCUT2D eigenvalue weighted by Crippen LogP contribution is 2.72. The number of hydrogen-bond acceptors (Lipinski definition) is 13. The summed E-state index contributed by atoms with van der Waals surface area (Å²) in [7, 11) is 0. The Kier molecular flexibility index (Phi) is 15.1. The summed E-state index contributed by atoms with van der Waals surface area (Å²) in [5, 5.41) is 40.8. The summed E-state index contributed by atoms with van der Waals surface area (Å²) in [6.07, 6.45) is 3.37. The highest BCUT2D eigenvalue weighted by molar-refractivity contribution is 8.00. The summed E-state index contributed by atoms with van der Waals surface area (Å²) < 4.78 is 30.9. The highest BCUT2D eigenvalue weighted by Gasteiger charge is 2.79. The van der Waals surface area contributed by atoms with Gasteiger partial charge < -0.3 is 46.1 Å². The molecule has 19 heteroatoms. The first kappa shape index (κ1) is 50.9. The Morgan fingerprint density at radius 1 is 0.971 bits per heavy atom. The minimum atomic E-state index is -2.09. The Bertz CT molecular complexity index is 2400. The Morgan fingerprint density at radius 2 is 1.69 bits per heavy atom. The number of rotatable bonds is 18. The first-order valence-electron chi connectivity index (χ1n) is 22.7. The number of fused-ring (bicyclic) bond motifs is 7. The second-order valence-corrected chi connectivity index (χ2v) is 20.9. The van der Waals surface area contributed by atoms with Gasteiger partial charge in [-0.05, 0) is 94.5 Å². The van der Waals surface area contributed by atoms with Crippen LogP contribution in [0.5, 0.6) is 0 Å². The number of halogens is 1. The van der Waals surface area contributed by atoms with E-state index in [9.17, 15) is 43.8 Å². The van der Waals surface area contributed by atoms with Crippen molar-refractivity contribution in [3.63, 3.8) is 0 Å². The molecule has 68 heavy (non-hydrogen) atoms. The first-order chi connectivity index (χ1) is 32.2. The molecule has 7 rings (SSSR count). The van der Waals surface area contributed by atoms with Crippen molar-refractivity contribution in [2.24, 2.45) is 22.7 Å². The molecule has 12 atom stereocenters. The third-order valence-electron chi connectivity index (χ3n) is 14.8. The van der Waals surface area contributed by atoms with E-state index < -0.39 is 112 Å². The predicted molar refractivity (Wildman–Crippen MR) is 251 cm³/mol. The summed E-state index contributed by atoms with van der Waals surface area (Å²) in [4.78, 5) is 88.4. The smallest absolute Gasteiger partial charge is 0.305 e. The average molecular weight is 979 g/mol. The van der Waals surface area contributed by atoms with Crippen LogP contribution < -0.4 is 21.3 Å². The Hall–Kier alpha value is -4.92. The third kappa shape index (κ3) is 9.41. The number of ketones is 2. The van der Waals surface area contributed by atoms with Crippen LogP contribution >= 0.6 is 23.5 Å². The van der Waals surface area contributed by atoms with Gasteiger partial charge in [0.05, 0.1) is 23.9 Å². The van der Waals surface area contributed by atoms with Crippen molar-refractivity contribution in [3.05, 3.63) is 83.5 Å². The molecule has 4 amide bonds. The lowest BCUT2D eigenvalue weighted by Crippen LogP contribution is -2.69. The monoisotopic (exact) mass is 978 g/mol. The zero-order chi connectivity index (χ0) is 49.3. The van der Waals surface area contributed by atoms with Crippen LogP contribution in [0.3, 0.4) is 0 Å². The number of nitrogens with one attached hydrogen (secondary N) is 4. The maximum atomic E-state index is 17.7. The van der Waals surface area contributed by atoms with E-state index >= 15 is 4.39 Å². The summed E-state index contributed by atoms with van der Waals surface area (Å²) in [6.45, 7) is 5.69. The number of carboxylic acids is 1. The number of aliphatic carboxylic acids is 1. The van der Waals surface area contributed by atoms with Crippen molar-refractivity contribution >= 4 is 70.4 Å². The van der Waals surface area contributed by atoms with E-state index in [0.29, 0.717) is 41.8 Å². The van der Waals surface area contributed by atoms with Crippen molar-refractivity contribution in [2.45, 2.75) is 124 Å². The normalized spacial score (nSPS) is 31.4. The number of thioether (sulfide) groups is 2. The molecule has 4 aliphatic carbocycles. The van der Waals surface area contributed by atoms with E-state index in [-0.39, 0.29) is 31.6 Å². The Balaban J connectivity index is 0.909. The Labute approximate surface area is 402 Å². The van der Waals surface area contributed by atoms with Crippen LogP contribution in [0.25, 0.3) is 0 Å². The number of carbonyl (C=O) groups excluding carboxylic acids is 6. The number of aliphatic hydroxyl groups excluding tert-OH is 2. The molecule has 1 heterocycles. The van der Waals surface area contributed by atoms with E-state index in [0.717, 1.165) is 22.2 Å². The van der Waals surface area contributed by atoms with E-state index in [1.165, 1.54) is 37.8 Å². The fourth-order valence-electron chi connectivity index (χ4n) is 11.2. The number of aliphatic hydroxyl groups is 2. The van der Waals surface area contributed by atoms with Crippen molar-refractivity contribution in [2.75, 3.05) is 24.7 Å². The lowest BCUT2D eigenvalue weighted by molar-refractivity contribution is -0.231. The number of anilines is 1. The molecule has 2 aromatic carbocycles. The molecule has 1 unspecified atom stereocenters. The van der Waals surface area contributed by atoms with Crippen molar-refractivity contribution in [1.82, 2.24) is 16.0 Å². The summed E-state index contributed by atoms with van der Waals surface area (Å²) in [6, 6.07) is 12.8. The van der Waals surface area contributed by atoms with Crippen LogP contribution in [-0.2, 0) is 48.8 Å². The maximum absolute atomic E-state index is 17.7. The van der Waals surface area contributed by atoms with Gasteiger partial charge in [0, 0.05) is 51.6 Å². The number of alkyl halides is 1. The molecule has 16 nitrogen and oxygen atoms in total. The second-order valence-electron chi connectivity index (χ2n) is 18.8. The topological polar surface area (TPSA) is 247 Å². The summed E-state index contributed by atoms with van der Waals surface area (Å²) in [5.41, 5.74) is -3.22. The number of allylic oxidation sites excluding steroid dienone is 4. The molecule has 2 aromatic rings. The average Bonchev–Trinajstić information content (AvgIpc) is 3.80. The largest absolute Gasteiger partial charge is 0.481 e. The number of hydrogen-bond donors (Lipinski definition) is 7. The van der Waals surface area contributed by atoms with Crippen LogP contribution in [0.4, 0.5) is 10.1 Å². The maximum Gasteiger partial charge on any atom is 0.305 e. The zero-order valence-corrected chi connectivity index (χ0v) is 40.2. The van der Waals surface area contributed by atoms with E-state index in [1.54, 1.807) is 37.5 Å². The zero-order valence-electron chi connectivity index (χ0n) is 38.5. The van der Waals surface area contributed by atoms with Crippen LogP contribution in [0.1, 0.15) is 83.6 Å². The molecule has 0 aromatic heterocycles. The molecule has 0 bridgehead atoms. The lowest BCUT2D eigenvalue weighted by atomic mass is 9.44. The van der Waals surface area contributed by atoms with Gasteiger partial charge in [-0.1, -0.05) is 48.9 Å². The van der Waals surface area contributed by atoms with Gasteiger partial charge >= 0.3 is 5.97 Å². The molecule has 7 N–H and O–H groups in total. The van der Waals surface area contributed by atoms with E-state index in [1.807, 2.05) is 37.3 Å². The van der Waals surface area contributed by atoms with E-state index in [4.69, 9.17) is 14.6 Å². The molecule has 366 valence electrons. The minimum absolute atomic E-state index is 0.0497. The molecule has 4 fully saturated rings. The van der Waals surface area contributed by atoms with Gasteiger partial charge in [-0.15, -0.1) is 11.8 Å².